The fourth-order valence-electron chi connectivity index (χ4n) is 8.35. The molecule has 3 saturated heterocycles. The molecule has 0 amide bonds. The van der Waals surface area contributed by atoms with Crippen LogP contribution in [0.15, 0.2) is 33.1 Å². The lowest BCUT2D eigenvalue weighted by Gasteiger charge is -2.29. The van der Waals surface area contributed by atoms with Crippen LogP contribution in [-0.2, 0) is 77.1 Å². The third-order valence-electron chi connectivity index (χ3n) is 12.0. The summed E-state index contributed by atoms with van der Waals surface area (Å²) in [6.07, 6.45) is -10.6. The Morgan fingerprint density at radius 3 is 1.76 bits per heavy atom. The van der Waals surface area contributed by atoms with Crippen LogP contribution >= 0.6 is 25.8 Å². The maximum Gasteiger partial charge on any atom is 0.386 e. The second kappa shape index (κ2) is 25.1. The summed E-state index contributed by atoms with van der Waals surface area (Å²) in [4.78, 5) is 69.6. The zero-order valence-electron chi connectivity index (χ0n) is 41.0. The average Bonchev–Trinajstić information content (AvgIpc) is 4.09. The molecule has 30 nitrogen and oxygen atoms in total. The first kappa shape index (κ1) is 57.8. The standard InChI is InChI=1S/C40H61N11O19P2S2/c1-7-21-26(29(62-12-9-59-5)37(66-21)51-18-44-24-33(51)47-38(43)48-34(24)53)69-72(57,74)65-17-23-27(30(63-13-10-60-6)36(68-23)50-15-20(3)32(42)46-40(50)55)70-71(56,73)64-16-22-25(52)28(61-11-8-58-4)35(67-22)49-14-19(2)31(41)45-39(49)54/h14-15,18,21-23,25-30,35-37,52H,7-13,16-17H2,1-6H3,(H,56,73)(H,57,74)(H2,41,45,54)(H2,42,46,55)(H3,43,47,48,53)/t21-,22-,23-,25?,26?,27?,28+,29+,30+,35-,36-,37-,71?,72?/m1/s1. The van der Waals surface area contributed by atoms with Gasteiger partial charge in [0.1, 0.15) is 60.5 Å². The summed E-state index contributed by atoms with van der Waals surface area (Å²) in [6.45, 7) is -5.14. The van der Waals surface area contributed by atoms with E-state index in [1.54, 1.807) is 20.8 Å². The number of hydrogen-bond acceptors (Lipinski definition) is 26. The largest absolute Gasteiger partial charge is 0.387 e. The zero-order valence-corrected chi connectivity index (χ0v) is 44.5. The normalized spacial score (nSPS) is 28.8. The van der Waals surface area contributed by atoms with E-state index in [1.807, 2.05) is 0 Å². The Kier molecular flexibility index (Phi) is 19.6. The lowest BCUT2D eigenvalue weighted by molar-refractivity contribution is -0.0831. The van der Waals surface area contributed by atoms with E-state index in [1.165, 1.54) is 44.6 Å². The van der Waals surface area contributed by atoms with Crippen LogP contribution in [0.25, 0.3) is 11.2 Å². The van der Waals surface area contributed by atoms with Crippen LogP contribution in [0, 0.1) is 13.8 Å². The molecule has 9 N–H and O–H groups in total. The highest BCUT2D eigenvalue weighted by Gasteiger charge is 2.54. The van der Waals surface area contributed by atoms with Crippen molar-refractivity contribution in [3.05, 3.63) is 61.2 Å². The minimum atomic E-state index is -4.64. The summed E-state index contributed by atoms with van der Waals surface area (Å²) in [6, 6.07) is 0. The van der Waals surface area contributed by atoms with E-state index in [4.69, 9.17) is 89.7 Å². The number of aromatic nitrogens is 8. The number of imidazole rings is 1. The molecule has 0 aromatic carbocycles. The first-order chi connectivity index (χ1) is 35.2. The smallest absolute Gasteiger partial charge is 0.386 e. The zero-order chi connectivity index (χ0) is 53.6. The van der Waals surface area contributed by atoms with E-state index in [0.29, 0.717) is 17.5 Å². The van der Waals surface area contributed by atoms with Gasteiger partial charge in [-0.1, -0.05) is 19.2 Å². The summed E-state index contributed by atoms with van der Waals surface area (Å²) >= 11 is 9.90. The number of anilines is 3. The highest BCUT2D eigenvalue weighted by atomic mass is 32.7. The summed E-state index contributed by atoms with van der Waals surface area (Å²) < 4.78 is 94.9. The first-order valence-corrected chi connectivity index (χ1v) is 28.2. The van der Waals surface area contributed by atoms with Crippen LogP contribution in [-0.4, -0.2) is 178 Å². The number of aliphatic hydroxyl groups excluding tert-OH is 1. The number of fused-ring (bicyclic) bond motifs is 1. The molecule has 74 heavy (non-hydrogen) atoms. The van der Waals surface area contributed by atoms with E-state index in [-0.39, 0.29) is 68.4 Å². The summed E-state index contributed by atoms with van der Waals surface area (Å²) in [5.41, 5.74) is 16.3. The van der Waals surface area contributed by atoms with Gasteiger partial charge < -0.3 is 74.4 Å². The highest BCUT2D eigenvalue weighted by Crippen LogP contribution is 2.58. The minimum Gasteiger partial charge on any atom is -0.387 e. The van der Waals surface area contributed by atoms with E-state index in [9.17, 15) is 28.9 Å². The van der Waals surface area contributed by atoms with Gasteiger partial charge in [0.15, 0.2) is 29.8 Å². The number of thiol groups is 1. The molecule has 7 heterocycles. The molecule has 5 unspecified atom stereocenters. The molecule has 4 aromatic heterocycles. The number of nitrogens with zero attached hydrogens (tertiary/aromatic N) is 7. The van der Waals surface area contributed by atoms with Gasteiger partial charge in [0.05, 0.1) is 65.3 Å². The number of hydrogen-bond donors (Lipinski definition) is 7. The fraction of sp³-hybridized carbons (Fsp3) is 0.675. The summed E-state index contributed by atoms with van der Waals surface area (Å²) in [7, 11) is 4.36. The van der Waals surface area contributed by atoms with Gasteiger partial charge in [-0.05, 0) is 32.1 Å². The lowest BCUT2D eigenvalue weighted by atomic mass is 10.1. The fourth-order valence-corrected chi connectivity index (χ4v) is 11.3. The molecular weight excluding hydrogens is 1060 g/mol. The van der Waals surface area contributed by atoms with Gasteiger partial charge in [-0.15, -0.1) is 0 Å². The SMILES string of the molecule is CC[C@H]1O[C@@H](n2cnc3c(=O)[nH]c(N)nc32)[C@@H](OCCOC)C1OP(O)(=S)OC[C@H]1O[C@@H](n2cc(C)c(N)nc2=O)[C@@H](OCCOC)C1OP(=O)(S)OC[C@H]1O[C@@H](n2cc(C)c(N)nc2=O)[C@@H](OCCOC)C1O. The number of aliphatic hydroxyl groups is 1. The van der Waals surface area contributed by atoms with Crippen molar-refractivity contribution in [2.75, 3.05) is 91.4 Å². The summed E-state index contributed by atoms with van der Waals surface area (Å²) in [5.74, 6) is -0.239. The Morgan fingerprint density at radius 1 is 0.716 bits per heavy atom. The molecule has 7 rings (SSSR count). The Bertz CT molecular complexity index is 2850. The number of rotatable bonds is 26. The molecule has 34 heteroatoms. The van der Waals surface area contributed by atoms with Crippen molar-refractivity contribution in [3.63, 3.8) is 0 Å². The highest BCUT2D eigenvalue weighted by molar-refractivity contribution is 8.44. The van der Waals surface area contributed by atoms with Crippen molar-refractivity contribution in [1.82, 2.24) is 38.6 Å². The van der Waals surface area contributed by atoms with Gasteiger partial charge >= 0.3 is 24.9 Å². The van der Waals surface area contributed by atoms with E-state index in [2.05, 4.69) is 37.2 Å². The molecule has 0 aliphatic carbocycles. The Hall–Kier alpha value is -3.86. The van der Waals surface area contributed by atoms with Crippen molar-refractivity contribution >= 4 is 66.3 Å². The van der Waals surface area contributed by atoms with Crippen LogP contribution in [0.5, 0.6) is 0 Å². The monoisotopic (exact) mass is 1130 g/mol. The molecule has 14 atom stereocenters. The second-order valence-corrected chi connectivity index (χ2v) is 22.7. The van der Waals surface area contributed by atoms with Crippen molar-refractivity contribution < 1.29 is 75.3 Å². The van der Waals surface area contributed by atoms with Gasteiger partial charge in [0, 0.05) is 44.8 Å². The minimum absolute atomic E-state index is 0.00949. The lowest BCUT2D eigenvalue weighted by Crippen LogP contribution is -2.40. The van der Waals surface area contributed by atoms with Crippen molar-refractivity contribution in [2.45, 2.75) is 101 Å². The van der Waals surface area contributed by atoms with Gasteiger partial charge in [-0.3, -0.25) is 37.1 Å². The predicted octanol–water partition coefficient (Wildman–Crippen LogP) is -0.387. The van der Waals surface area contributed by atoms with E-state index >= 15 is 0 Å². The maximum atomic E-state index is 14.5. The molecule has 0 saturated carbocycles. The van der Waals surface area contributed by atoms with Crippen LogP contribution in [0.3, 0.4) is 0 Å². The molecule has 3 fully saturated rings. The number of nitrogens with two attached hydrogens (primary N) is 3. The van der Waals surface area contributed by atoms with Gasteiger partial charge in [0.2, 0.25) is 5.95 Å². The second-order valence-electron chi connectivity index (χ2n) is 17.0. The maximum absolute atomic E-state index is 14.5. The van der Waals surface area contributed by atoms with E-state index in [0.717, 1.165) is 9.13 Å². The van der Waals surface area contributed by atoms with Crippen molar-refractivity contribution in [1.29, 1.82) is 0 Å². The van der Waals surface area contributed by atoms with E-state index < -0.39 is 117 Å². The van der Waals surface area contributed by atoms with Crippen molar-refractivity contribution in [2.24, 2.45) is 0 Å². The molecule has 0 radical (unpaired) electrons. The number of methoxy groups -OCH3 is 3. The number of ether oxygens (including phenoxy) is 9. The van der Waals surface area contributed by atoms with Crippen LogP contribution in [0.4, 0.5) is 17.6 Å². The molecule has 0 bridgehead atoms. The number of aryl methyl sites for hydroxylation is 2. The number of H-pyrrole nitrogens is 1. The molecule has 4 aromatic rings. The van der Waals surface area contributed by atoms with Crippen LogP contribution < -0.4 is 34.1 Å². The number of aromatic amines is 1. The molecule has 3 aliphatic heterocycles. The van der Waals surface area contributed by atoms with Gasteiger partial charge in [-0.2, -0.15) is 15.0 Å². The van der Waals surface area contributed by atoms with Gasteiger partial charge in [0.25, 0.3) is 5.56 Å². The Labute approximate surface area is 432 Å². The third-order valence-corrected chi connectivity index (χ3v) is 15.2. The van der Waals surface area contributed by atoms with Gasteiger partial charge in [-0.25, -0.2) is 19.1 Å². The Morgan fingerprint density at radius 2 is 1.20 bits per heavy atom. The topological polar surface area (TPSA) is 389 Å². The summed E-state index contributed by atoms with van der Waals surface area (Å²) in [5, 5.41) is 11.5. The van der Waals surface area contributed by atoms with Crippen LogP contribution in [0.2, 0.25) is 0 Å². The Balaban J connectivity index is 1.15. The van der Waals surface area contributed by atoms with Crippen LogP contribution in [0.1, 0.15) is 43.2 Å². The number of nitrogen functional groups attached to an aromatic ring is 3. The number of nitrogens with one attached hydrogen (secondary N) is 1. The molecule has 0 spiro atoms. The average molecular weight is 1130 g/mol. The molecule has 3 aliphatic rings. The molecular formula is C40H61N11O19P2S2. The third kappa shape index (κ3) is 13.3. The predicted molar refractivity (Wildman–Crippen MR) is 265 cm³/mol. The van der Waals surface area contributed by atoms with Crippen molar-refractivity contribution in [3.8, 4) is 0 Å². The quantitative estimate of drug-likeness (QED) is 0.0239. The molecule has 412 valence electrons. The first-order valence-electron chi connectivity index (χ1n) is 22.9.